The van der Waals surface area contributed by atoms with E-state index in [4.69, 9.17) is 5.73 Å². The number of hydrogen-bond donors (Lipinski definition) is 1. The number of rotatable bonds is 3. The van der Waals surface area contributed by atoms with E-state index in [0.29, 0.717) is 23.0 Å². The number of imidazole rings is 1. The Kier molecular flexibility index (Phi) is 4.52. The standard InChI is InChI=1S/C22H17F4N3O/c1-13-2-9-19-28-17(12-29(19)11-13)14-3-6-16(7-4-14)21(22(24,25)26)10-15(20(27)30)5-8-18(21)23/h2-9,11-12H,10H2,1H3,(H2,27,30). The van der Waals surface area contributed by atoms with Crippen molar-refractivity contribution in [2.45, 2.75) is 24.9 Å². The number of hydrogen-bond acceptors (Lipinski definition) is 2. The largest absolute Gasteiger partial charge is 0.404 e. The Morgan fingerprint density at radius 2 is 1.80 bits per heavy atom. The maximum Gasteiger partial charge on any atom is 0.404 e. The van der Waals surface area contributed by atoms with Gasteiger partial charge in [-0.2, -0.15) is 13.2 Å². The van der Waals surface area contributed by atoms with Crippen molar-refractivity contribution in [2.75, 3.05) is 0 Å². The fraction of sp³-hybridized carbons (Fsp3) is 0.182. The summed E-state index contributed by atoms with van der Waals surface area (Å²) in [6.07, 6.45) is -0.541. The first-order chi connectivity index (χ1) is 14.1. The second-order valence-corrected chi connectivity index (χ2v) is 7.33. The average Bonchev–Trinajstić information content (AvgIpc) is 3.10. The first-order valence-electron chi connectivity index (χ1n) is 9.11. The van der Waals surface area contributed by atoms with Crippen LogP contribution in [0.3, 0.4) is 0 Å². The zero-order chi connectivity index (χ0) is 21.7. The molecule has 2 N–H and O–H groups in total. The topological polar surface area (TPSA) is 60.4 Å². The van der Waals surface area contributed by atoms with E-state index in [2.05, 4.69) is 4.98 Å². The summed E-state index contributed by atoms with van der Waals surface area (Å²) in [6.45, 7) is 1.94. The van der Waals surface area contributed by atoms with E-state index in [-0.39, 0.29) is 11.1 Å². The molecule has 1 aromatic carbocycles. The Morgan fingerprint density at radius 3 is 2.43 bits per heavy atom. The molecule has 0 spiro atoms. The van der Waals surface area contributed by atoms with Gasteiger partial charge in [0, 0.05) is 30.0 Å². The molecular weight excluding hydrogens is 398 g/mol. The number of pyridine rings is 1. The summed E-state index contributed by atoms with van der Waals surface area (Å²) in [7, 11) is 0. The zero-order valence-electron chi connectivity index (χ0n) is 15.9. The molecule has 30 heavy (non-hydrogen) atoms. The van der Waals surface area contributed by atoms with E-state index >= 15 is 0 Å². The highest BCUT2D eigenvalue weighted by atomic mass is 19.4. The van der Waals surface area contributed by atoms with Gasteiger partial charge in [0.05, 0.1) is 5.69 Å². The van der Waals surface area contributed by atoms with Gasteiger partial charge in [-0.3, -0.25) is 4.79 Å². The third-order valence-corrected chi connectivity index (χ3v) is 5.37. The second kappa shape index (κ2) is 6.83. The molecule has 1 atom stereocenters. The van der Waals surface area contributed by atoms with Crippen molar-refractivity contribution in [3.8, 4) is 11.3 Å². The van der Waals surface area contributed by atoms with Crippen LogP contribution < -0.4 is 5.73 Å². The van der Waals surface area contributed by atoms with Crippen molar-refractivity contribution in [1.29, 1.82) is 0 Å². The predicted molar refractivity (Wildman–Crippen MR) is 104 cm³/mol. The number of aryl methyl sites for hydroxylation is 1. The summed E-state index contributed by atoms with van der Waals surface area (Å²) in [5, 5.41) is 0. The minimum absolute atomic E-state index is 0.284. The smallest absolute Gasteiger partial charge is 0.366 e. The molecule has 154 valence electrons. The average molecular weight is 415 g/mol. The van der Waals surface area contributed by atoms with Gasteiger partial charge in [-0.15, -0.1) is 0 Å². The zero-order valence-corrected chi connectivity index (χ0v) is 15.9. The molecule has 0 saturated heterocycles. The van der Waals surface area contributed by atoms with Crippen LogP contribution >= 0.6 is 0 Å². The van der Waals surface area contributed by atoms with Crippen molar-refractivity contribution in [1.82, 2.24) is 9.38 Å². The number of primary amides is 1. The minimum Gasteiger partial charge on any atom is -0.366 e. The molecule has 1 aliphatic rings. The van der Waals surface area contributed by atoms with Crippen molar-refractivity contribution in [3.63, 3.8) is 0 Å². The number of carbonyl (C=O) groups is 1. The third kappa shape index (κ3) is 3.08. The van der Waals surface area contributed by atoms with Crippen LogP contribution in [0, 0.1) is 6.92 Å². The van der Waals surface area contributed by atoms with E-state index in [1.165, 1.54) is 24.3 Å². The van der Waals surface area contributed by atoms with Crippen LogP contribution in [0.25, 0.3) is 16.9 Å². The Labute approximate surface area is 169 Å². The van der Waals surface area contributed by atoms with Gasteiger partial charge in [0.1, 0.15) is 16.9 Å². The Morgan fingerprint density at radius 1 is 1.10 bits per heavy atom. The van der Waals surface area contributed by atoms with E-state index in [1.54, 1.807) is 6.20 Å². The van der Waals surface area contributed by atoms with Crippen LogP contribution in [0.1, 0.15) is 17.5 Å². The van der Waals surface area contributed by atoms with Crippen LogP contribution in [-0.2, 0) is 10.2 Å². The second-order valence-electron chi connectivity index (χ2n) is 7.33. The summed E-state index contributed by atoms with van der Waals surface area (Å²) in [4.78, 5) is 15.9. The maximum atomic E-state index is 14.7. The Bertz CT molecular complexity index is 1210. The summed E-state index contributed by atoms with van der Waals surface area (Å²) >= 11 is 0. The molecule has 1 aliphatic carbocycles. The van der Waals surface area contributed by atoms with Crippen LogP contribution in [-0.4, -0.2) is 21.5 Å². The van der Waals surface area contributed by atoms with Crippen molar-refractivity contribution >= 4 is 11.6 Å². The number of nitrogens with zero attached hydrogens (tertiary/aromatic N) is 2. The fourth-order valence-electron chi connectivity index (χ4n) is 3.72. The summed E-state index contributed by atoms with van der Waals surface area (Å²) < 4.78 is 58.8. The van der Waals surface area contributed by atoms with Gasteiger partial charge in [0.2, 0.25) is 5.91 Å². The van der Waals surface area contributed by atoms with Gasteiger partial charge in [-0.1, -0.05) is 36.4 Å². The van der Waals surface area contributed by atoms with Gasteiger partial charge in [0.25, 0.3) is 0 Å². The van der Waals surface area contributed by atoms with Crippen molar-refractivity contribution in [2.24, 2.45) is 5.73 Å². The Balaban J connectivity index is 1.78. The highest BCUT2D eigenvalue weighted by Gasteiger charge is 2.60. The molecule has 8 heteroatoms. The molecule has 1 amide bonds. The molecule has 0 bridgehead atoms. The highest BCUT2D eigenvalue weighted by Crippen LogP contribution is 2.52. The molecule has 4 nitrogen and oxygen atoms in total. The fourth-order valence-corrected chi connectivity index (χ4v) is 3.72. The normalized spacial score (nSPS) is 19.5. The number of alkyl halides is 3. The first kappa shape index (κ1) is 19.9. The van der Waals surface area contributed by atoms with Gasteiger partial charge < -0.3 is 10.1 Å². The molecule has 0 saturated carbocycles. The number of amides is 1. The van der Waals surface area contributed by atoms with Gasteiger partial charge in [0.15, 0.2) is 0 Å². The van der Waals surface area contributed by atoms with Crippen LogP contribution in [0.15, 0.2) is 72.3 Å². The van der Waals surface area contributed by atoms with E-state index < -0.39 is 29.7 Å². The lowest BCUT2D eigenvalue weighted by molar-refractivity contribution is -0.184. The molecule has 1 unspecified atom stereocenters. The summed E-state index contributed by atoms with van der Waals surface area (Å²) in [5.41, 5.74) is 4.51. The van der Waals surface area contributed by atoms with Gasteiger partial charge in [-0.25, -0.2) is 9.37 Å². The number of fused-ring (bicyclic) bond motifs is 1. The molecular formula is C22H17F4N3O. The van der Waals surface area contributed by atoms with Crippen LogP contribution in [0.5, 0.6) is 0 Å². The number of aromatic nitrogens is 2. The molecule has 2 heterocycles. The predicted octanol–water partition coefficient (Wildman–Crippen LogP) is 4.78. The Hall–Kier alpha value is -3.42. The lowest BCUT2D eigenvalue weighted by atomic mass is 9.71. The minimum atomic E-state index is -4.97. The molecule has 3 aromatic rings. The number of benzene rings is 1. The summed E-state index contributed by atoms with van der Waals surface area (Å²) in [6, 6.07) is 9.11. The number of allylic oxidation sites excluding steroid dienone is 3. The van der Waals surface area contributed by atoms with Gasteiger partial charge >= 0.3 is 6.18 Å². The van der Waals surface area contributed by atoms with Crippen molar-refractivity contribution in [3.05, 3.63) is 83.5 Å². The van der Waals surface area contributed by atoms with Crippen LogP contribution in [0.2, 0.25) is 0 Å². The SMILES string of the molecule is Cc1ccc2nc(-c3ccc(C4(C(F)(F)F)CC(C(N)=O)=CC=C4F)cc3)cn2c1. The number of nitrogens with two attached hydrogens (primary N) is 1. The lowest BCUT2D eigenvalue weighted by Crippen LogP contribution is -2.45. The van der Waals surface area contributed by atoms with E-state index in [9.17, 15) is 22.4 Å². The first-order valence-corrected chi connectivity index (χ1v) is 9.11. The molecule has 0 fully saturated rings. The molecule has 0 aliphatic heterocycles. The molecule has 4 rings (SSSR count). The third-order valence-electron chi connectivity index (χ3n) is 5.37. The molecule has 2 aromatic heterocycles. The number of carbonyl (C=O) groups excluding carboxylic acids is 1. The number of halogens is 4. The molecule has 0 radical (unpaired) electrons. The monoisotopic (exact) mass is 415 g/mol. The van der Waals surface area contributed by atoms with Crippen LogP contribution in [0.4, 0.5) is 17.6 Å². The quantitative estimate of drug-likeness (QED) is 0.626. The van der Waals surface area contributed by atoms with Crippen molar-refractivity contribution < 1.29 is 22.4 Å². The lowest BCUT2D eigenvalue weighted by Gasteiger charge is -2.37. The van der Waals surface area contributed by atoms with E-state index in [1.807, 2.05) is 29.7 Å². The van der Waals surface area contributed by atoms with E-state index in [0.717, 1.165) is 11.6 Å². The summed E-state index contributed by atoms with van der Waals surface area (Å²) in [5.74, 6) is -2.39. The highest BCUT2D eigenvalue weighted by molar-refractivity contribution is 5.93. The van der Waals surface area contributed by atoms with Gasteiger partial charge in [-0.05, 0) is 30.2 Å². The maximum absolute atomic E-state index is 14.7.